The van der Waals surface area contributed by atoms with Gasteiger partial charge in [-0.1, -0.05) is 44.7 Å². The molecule has 1 saturated heterocycles. The van der Waals surface area contributed by atoms with Crippen molar-refractivity contribution in [3.8, 4) is 5.75 Å². The van der Waals surface area contributed by atoms with E-state index in [9.17, 15) is 0 Å². The fourth-order valence-corrected chi connectivity index (χ4v) is 6.18. The Kier molecular flexibility index (Phi) is 4.65. The zero-order valence-corrected chi connectivity index (χ0v) is 18.8. The van der Waals surface area contributed by atoms with Crippen molar-refractivity contribution >= 4 is 69.3 Å². The molecule has 0 atom stereocenters. The maximum Gasteiger partial charge on any atom is 0.186 e. The van der Waals surface area contributed by atoms with Gasteiger partial charge >= 0.3 is 0 Å². The van der Waals surface area contributed by atoms with Crippen LogP contribution in [0.15, 0.2) is 34.8 Å². The van der Waals surface area contributed by atoms with Gasteiger partial charge in [0.1, 0.15) is 11.3 Å². The first-order chi connectivity index (χ1) is 13.6. The smallest absolute Gasteiger partial charge is 0.186 e. The molecule has 1 fully saturated rings. The zero-order valence-electron chi connectivity index (χ0n) is 15.6. The molecule has 3 heterocycles. The van der Waals surface area contributed by atoms with Gasteiger partial charge < -0.3 is 14.5 Å². The van der Waals surface area contributed by atoms with Crippen LogP contribution in [0.5, 0.6) is 5.75 Å². The van der Waals surface area contributed by atoms with E-state index in [1.165, 1.54) is 15.0 Å². The first kappa shape index (κ1) is 18.1. The molecule has 2 aromatic carbocycles. The molecule has 2 aromatic heterocycles. The number of methoxy groups -OCH3 is 1. The molecule has 0 unspecified atom stereocenters. The molecule has 144 valence electrons. The van der Waals surface area contributed by atoms with Gasteiger partial charge in [-0.25, -0.2) is 9.97 Å². The highest BCUT2D eigenvalue weighted by Crippen LogP contribution is 2.37. The minimum absolute atomic E-state index is 0.849. The van der Waals surface area contributed by atoms with Crippen LogP contribution in [-0.2, 0) is 0 Å². The second kappa shape index (κ2) is 7.17. The zero-order chi connectivity index (χ0) is 19.3. The van der Waals surface area contributed by atoms with Crippen LogP contribution in [0.4, 0.5) is 10.3 Å². The maximum atomic E-state index is 5.50. The van der Waals surface area contributed by atoms with Gasteiger partial charge in [-0.3, -0.25) is 0 Å². The van der Waals surface area contributed by atoms with Gasteiger partial charge in [-0.05, 0) is 36.8 Å². The summed E-state index contributed by atoms with van der Waals surface area (Å²) in [6.45, 7) is 5.93. The molecule has 0 aliphatic carbocycles. The Morgan fingerprint density at radius 3 is 2.39 bits per heavy atom. The molecule has 1 aliphatic heterocycles. The Morgan fingerprint density at radius 1 is 0.964 bits per heavy atom. The first-order valence-corrected chi connectivity index (χ1v) is 11.5. The largest absolute Gasteiger partial charge is 0.494 e. The van der Waals surface area contributed by atoms with Crippen molar-refractivity contribution in [2.75, 3.05) is 43.1 Å². The number of hydrogen-bond donors (Lipinski definition) is 0. The molecule has 0 amide bonds. The second-order valence-electron chi connectivity index (χ2n) is 6.84. The van der Waals surface area contributed by atoms with Crippen molar-refractivity contribution in [1.82, 2.24) is 9.97 Å². The van der Waals surface area contributed by atoms with Gasteiger partial charge in [-0.15, -0.1) is 0 Å². The van der Waals surface area contributed by atoms with Crippen LogP contribution in [0.3, 0.4) is 0 Å². The third-order valence-electron chi connectivity index (χ3n) is 5.07. The number of anilines is 2. The summed E-state index contributed by atoms with van der Waals surface area (Å²) in [5, 5.41) is 2.19. The number of aromatic nitrogens is 2. The van der Waals surface area contributed by atoms with Crippen LogP contribution < -0.4 is 14.5 Å². The quantitative estimate of drug-likeness (QED) is 0.402. The van der Waals surface area contributed by atoms with E-state index in [1.807, 2.05) is 12.1 Å². The number of nitrogens with zero attached hydrogens (tertiary/aromatic N) is 4. The summed E-state index contributed by atoms with van der Waals surface area (Å²) in [5.74, 6) is 0.849. The average molecular weight is 475 g/mol. The van der Waals surface area contributed by atoms with Crippen molar-refractivity contribution in [1.29, 1.82) is 0 Å². The van der Waals surface area contributed by atoms with E-state index in [0.29, 0.717) is 0 Å². The van der Waals surface area contributed by atoms with E-state index >= 15 is 0 Å². The summed E-state index contributed by atoms with van der Waals surface area (Å²) < 4.78 is 9.04. The summed E-state index contributed by atoms with van der Waals surface area (Å²) in [4.78, 5) is 14.5. The van der Waals surface area contributed by atoms with E-state index in [1.54, 1.807) is 29.8 Å². The molecule has 5 rings (SSSR count). The van der Waals surface area contributed by atoms with Crippen LogP contribution in [0.2, 0.25) is 0 Å². The highest BCUT2D eigenvalue weighted by molar-refractivity contribution is 9.10. The molecule has 0 radical (unpaired) electrons. The van der Waals surface area contributed by atoms with Crippen molar-refractivity contribution in [2.24, 2.45) is 0 Å². The van der Waals surface area contributed by atoms with E-state index in [2.05, 4.69) is 50.9 Å². The standard InChI is InChI=1S/C20H19BrN4OS2/c1-12-3-6-15(26-2)17-18(12)28-20(23-17)25-9-7-24(8-10-25)19-22-14-5-4-13(21)11-16(14)27-19/h3-6,11H,7-10H2,1-2H3. The summed E-state index contributed by atoms with van der Waals surface area (Å²) >= 11 is 7.07. The summed E-state index contributed by atoms with van der Waals surface area (Å²) in [6, 6.07) is 10.4. The molecule has 0 bridgehead atoms. The number of ether oxygens (including phenoxy) is 1. The first-order valence-electron chi connectivity index (χ1n) is 9.12. The van der Waals surface area contributed by atoms with Gasteiger partial charge in [0, 0.05) is 30.7 Å². The van der Waals surface area contributed by atoms with Crippen LogP contribution in [0.25, 0.3) is 20.4 Å². The number of fused-ring (bicyclic) bond motifs is 2. The predicted molar refractivity (Wildman–Crippen MR) is 123 cm³/mol. The molecule has 0 spiro atoms. The van der Waals surface area contributed by atoms with E-state index in [4.69, 9.17) is 14.7 Å². The number of piperazine rings is 1. The third-order valence-corrected chi connectivity index (χ3v) is 7.90. The normalized spacial score (nSPS) is 15.0. The minimum atomic E-state index is 0.849. The number of rotatable bonds is 3. The van der Waals surface area contributed by atoms with Crippen molar-refractivity contribution < 1.29 is 4.74 Å². The topological polar surface area (TPSA) is 41.5 Å². The lowest BCUT2D eigenvalue weighted by molar-refractivity contribution is 0.419. The fourth-order valence-electron chi connectivity index (χ4n) is 3.51. The van der Waals surface area contributed by atoms with Crippen LogP contribution >= 0.6 is 38.6 Å². The van der Waals surface area contributed by atoms with E-state index in [0.717, 1.165) is 57.7 Å². The van der Waals surface area contributed by atoms with Gasteiger partial charge in [0.2, 0.25) is 0 Å². The van der Waals surface area contributed by atoms with Gasteiger partial charge in [0.05, 0.1) is 22.0 Å². The Labute approximate surface area is 179 Å². The molecule has 0 N–H and O–H groups in total. The lowest BCUT2D eigenvalue weighted by Gasteiger charge is -2.34. The van der Waals surface area contributed by atoms with Crippen molar-refractivity contribution in [2.45, 2.75) is 6.92 Å². The van der Waals surface area contributed by atoms with Crippen molar-refractivity contribution in [3.63, 3.8) is 0 Å². The highest BCUT2D eigenvalue weighted by Gasteiger charge is 2.23. The average Bonchev–Trinajstić information content (AvgIpc) is 3.33. The Balaban J connectivity index is 1.36. The summed E-state index contributed by atoms with van der Waals surface area (Å²) in [7, 11) is 1.71. The number of aryl methyl sites for hydroxylation is 1. The Bertz CT molecular complexity index is 1160. The number of hydrogen-bond acceptors (Lipinski definition) is 7. The lowest BCUT2D eigenvalue weighted by atomic mass is 10.2. The fraction of sp³-hybridized carbons (Fsp3) is 0.300. The Morgan fingerprint density at radius 2 is 1.68 bits per heavy atom. The molecule has 1 aliphatic rings. The van der Waals surface area contributed by atoms with E-state index < -0.39 is 0 Å². The van der Waals surface area contributed by atoms with Gasteiger partial charge in [0.15, 0.2) is 10.3 Å². The number of halogens is 1. The SMILES string of the molecule is COc1ccc(C)c2sc(N3CCN(c4nc5ccc(Br)cc5s4)CC3)nc12. The van der Waals surface area contributed by atoms with Gasteiger partial charge in [0.25, 0.3) is 0 Å². The van der Waals surface area contributed by atoms with Crippen molar-refractivity contribution in [3.05, 3.63) is 40.4 Å². The van der Waals surface area contributed by atoms with Crippen LogP contribution in [0.1, 0.15) is 5.56 Å². The molecule has 4 aromatic rings. The highest BCUT2D eigenvalue weighted by atomic mass is 79.9. The number of benzene rings is 2. The summed E-state index contributed by atoms with van der Waals surface area (Å²) in [5.41, 5.74) is 3.29. The molecule has 8 heteroatoms. The summed E-state index contributed by atoms with van der Waals surface area (Å²) in [6.07, 6.45) is 0. The Hall–Kier alpha value is -1.90. The molecule has 28 heavy (non-hydrogen) atoms. The second-order valence-corrected chi connectivity index (χ2v) is 9.74. The molecule has 5 nitrogen and oxygen atoms in total. The van der Waals surface area contributed by atoms with Gasteiger partial charge in [-0.2, -0.15) is 0 Å². The lowest BCUT2D eigenvalue weighted by Crippen LogP contribution is -2.46. The van der Waals surface area contributed by atoms with Crippen LogP contribution in [0, 0.1) is 6.92 Å². The monoisotopic (exact) mass is 474 g/mol. The predicted octanol–water partition coefficient (Wildman–Crippen LogP) is 5.31. The van der Waals surface area contributed by atoms with Crippen LogP contribution in [-0.4, -0.2) is 43.3 Å². The number of thiazole rings is 2. The van der Waals surface area contributed by atoms with E-state index in [-0.39, 0.29) is 0 Å². The third kappa shape index (κ3) is 3.13. The maximum absolute atomic E-state index is 5.50. The molecule has 0 saturated carbocycles. The minimum Gasteiger partial charge on any atom is -0.494 e. The molecular formula is C20H19BrN4OS2. The molecular weight excluding hydrogens is 456 g/mol.